The first kappa shape index (κ1) is 21.6. The smallest absolute Gasteiger partial charge is 0.272 e. The third kappa shape index (κ3) is 5.42. The summed E-state index contributed by atoms with van der Waals surface area (Å²) in [6, 6.07) is 3.62. The van der Waals surface area contributed by atoms with E-state index in [1.165, 1.54) is 4.52 Å². The van der Waals surface area contributed by atoms with E-state index in [1.54, 1.807) is 6.07 Å². The highest BCUT2D eigenvalue weighted by Gasteiger charge is 2.23. The second-order valence-corrected chi connectivity index (χ2v) is 9.36. The molecule has 0 aliphatic heterocycles. The highest BCUT2D eigenvalue weighted by Crippen LogP contribution is 2.22. The number of rotatable bonds is 8. The van der Waals surface area contributed by atoms with E-state index in [-0.39, 0.29) is 22.4 Å². The maximum Gasteiger partial charge on any atom is 0.272 e. The quantitative estimate of drug-likeness (QED) is 0.743. The average molecular weight is 376 g/mol. The monoisotopic (exact) mass is 375 g/mol. The largest absolute Gasteiger partial charge is 0.308 e. The van der Waals surface area contributed by atoms with Gasteiger partial charge in [0.15, 0.2) is 5.65 Å². The Hall–Kier alpha value is -1.66. The zero-order valence-corrected chi connectivity index (χ0v) is 18.3. The summed E-state index contributed by atoms with van der Waals surface area (Å²) in [5.41, 5.74) is 2.49. The van der Waals surface area contributed by atoms with Crippen molar-refractivity contribution in [3.63, 3.8) is 0 Å². The van der Waals surface area contributed by atoms with Crippen LogP contribution in [0.3, 0.4) is 0 Å². The van der Waals surface area contributed by atoms with Crippen LogP contribution in [0, 0.1) is 5.41 Å². The lowest BCUT2D eigenvalue weighted by atomic mass is 9.92. The van der Waals surface area contributed by atoms with E-state index < -0.39 is 0 Å². The molecule has 2 heterocycles. The summed E-state index contributed by atoms with van der Waals surface area (Å²) in [6.07, 6.45) is 0. The average Bonchev–Trinajstić information content (AvgIpc) is 3.03. The summed E-state index contributed by atoms with van der Waals surface area (Å²) < 4.78 is 1.53. The minimum absolute atomic E-state index is 0.0201. The van der Waals surface area contributed by atoms with E-state index >= 15 is 0 Å². The van der Waals surface area contributed by atoms with E-state index in [2.05, 4.69) is 70.7 Å². The summed E-state index contributed by atoms with van der Waals surface area (Å²) in [6.45, 7) is 21.4. The molecule has 0 saturated carbocycles. The van der Waals surface area contributed by atoms with Gasteiger partial charge >= 0.3 is 0 Å². The van der Waals surface area contributed by atoms with Gasteiger partial charge in [-0.15, -0.1) is 0 Å². The molecule has 6 nitrogen and oxygen atoms in total. The topological polar surface area (TPSA) is 65.4 Å². The lowest BCUT2D eigenvalue weighted by Gasteiger charge is -2.32. The lowest BCUT2D eigenvalue weighted by Crippen LogP contribution is -2.41. The minimum Gasteiger partial charge on any atom is -0.308 e. The molecule has 2 aromatic heterocycles. The normalized spacial score (nSPS) is 14.3. The fourth-order valence-corrected chi connectivity index (χ4v) is 3.26. The molecule has 0 bridgehead atoms. The Labute approximate surface area is 163 Å². The van der Waals surface area contributed by atoms with Crippen LogP contribution in [0.2, 0.25) is 0 Å². The highest BCUT2D eigenvalue weighted by molar-refractivity contribution is 5.41. The van der Waals surface area contributed by atoms with Crippen LogP contribution in [0.4, 0.5) is 0 Å². The standard InChI is InChI=1S/C21H37N5O/c1-9-25(10-2)14-21(7,8)13-22-15(3)16-11-19(27)26-18(23-16)12-17(24-26)20(4,5)6/h11-12,15,22,24H,9-10,13-14H2,1-8H3. The van der Waals surface area contributed by atoms with Gasteiger partial charge in [0.2, 0.25) is 0 Å². The number of fused-ring (bicyclic) bond motifs is 1. The molecule has 1 unspecified atom stereocenters. The van der Waals surface area contributed by atoms with E-state index in [1.807, 2.05) is 6.07 Å². The third-order valence-corrected chi connectivity index (χ3v) is 5.15. The Morgan fingerprint density at radius 2 is 1.81 bits per heavy atom. The summed E-state index contributed by atoms with van der Waals surface area (Å²) in [5, 5.41) is 6.75. The summed E-state index contributed by atoms with van der Waals surface area (Å²) in [4.78, 5) is 19.7. The Morgan fingerprint density at radius 3 is 2.37 bits per heavy atom. The predicted molar refractivity (Wildman–Crippen MR) is 112 cm³/mol. The van der Waals surface area contributed by atoms with Crippen molar-refractivity contribution in [2.45, 2.75) is 66.8 Å². The summed E-state index contributed by atoms with van der Waals surface area (Å²) >= 11 is 0. The molecule has 1 atom stereocenters. The molecule has 0 aliphatic rings. The van der Waals surface area contributed by atoms with Gasteiger partial charge in [0.05, 0.1) is 5.69 Å². The maximum atomic E-state index is 12.5. The van der Waals surface area contributed by atoms with Crippen molar-refractivity contribution in [3.05, 3.63) is 33.9 Å². The van der Waals surface area contributed by atoms with Gasteiger partial charge < -0.3 is 10.2 Å². The molecule has 0 radical (unpaired) electrons. The van der Waals surface area contributed by atoms with Crippen LogP contribution < -0.4 is 10.9 Å². The Bertz CT molecular complexity index is 808. The number of nitrogens with one attached hydrogen (secondary N) is 2. The molecule has 0 aromatic carbocycles. The Morgan fingerprint density at radius 1 is 1.19 bits per heavy atom. The van der Waals surface area contributed by atoms with E-state index in [4.69, 9.17) is 4.98 Å². The van der Waals surface area contributed by atoms with Crippen molar-refractivity contribution >= 4 is 5.65 Å². The number of hydrogen-bond acceptors (Lipinski definition) is 4. The van der Waals surface area contributed by atoms with Gasteiger partial charge in [-0.3, -0.25) is 9.89 Å². The van der Waals surface area contributed by atoms with Crippen molar-refractivity contribution in [1.29, 1.82) is 0 Å². The number of hydrogen-bond donors (Lipinski definition) is 2. The summed E-state index contributed by atoms with van der Waals surface area (Å²) in [7, 11) is 0. The van der Waals surface area contributed by atoms with Crippen LogP contribution in [0.1, 0.15) is 72.8 Å². The molecule has 6 heteroatoms. The molecule has 27 heavy (non-hydrogen) atoms. The van der Waals surface area contributed by atoms with Crippen LogP contribution >= 0.6 is 0 Å². The first-order valence-electron chi connectivity index (χ1n) is 10.1. The van der Waals surface area contributed by atoms with Crippen molar-refractivity contribution in [2.24, 2.45) is 5.41 Å². The molecule has 2 aromatic rings. The van der Waals surface area contributed by atoms with Gasteiger partial charge in [-0.1, -0.05) is 48.5 Å². The number of aromatic amines is 1. The van der Waals surface area contributed by atoms with Crippen molar-refractivity contribution in [3.8, 4) is 0 Å². The molecule has 0 aliphatic carbocycles. The maximum absolute atomic E-state index is 12.5. The predicted octanol–water partition coefficient (Wildman–Crippen LogP) is 3.34. The molecule has 0 amide bonds. The SMILES string of the molecule is CCN(CC)CC(C)(C)CNC(C)c1cc(=O)n2[nH]c(C(C)(C)C)cc2n1. The molecule has 2 rings (SSSR count). The Balaban J connectivity index is 2.15. The van der Waals surface area contributed by atoms with Crippen LogP contribution in [-0.2, 0) is 5.41 Å². The van der Waals surface area contributed by atoms with Crippen molar-refractivity contribution in [2.75, 3.05) is 26.2 Å². The fourth-order valence-electron chi connectivity index (χ4n) is 3.26. The zero-order valence-electron chi connectivity index (χ0n) is 18.3. The van der Waals surface area contributed by atoms with Crippen LogP contribution in [0.25, 0.3) is 5.65 Å². The van der Waals surface area contributed by atoms with E-state index in [0.717, 1.165) is 37.6 Å². The fraction of sp³-hybridized carbons (Fsp3) is 0.714. The molecular weight excluding hydrogens is 338 g/mol. The van der Waals surface area contributed by atoms with Crippen molar-refractivity contribution < 1.29 is 0 Å². The third-order valence-electron chi connectivity index (χ3n) is 5.15. The van der Waals surface area contributed by atoms with Crippen molar-refractivity contribution in [1.82, 2.24) is 24.8 Å². The van der Waals surface area contributed by atoms with Gasteiger partial charge in [-0.05, 0) is 25.4 Å². The first-order valence-corrected chi connectivity index (χ1v) is 10.1. The molecular formula is C21H37N5O. The Kier molecular flexibility index (Phi) is 6.53. The summed E-state index contributed by atoms with van der Waals surface area (Å²) in [5.74, 6) is 0. The second-order valence-electron chi connectivity index (χ2n) is 9.36. The molecule has 152 valence electrons. The molecule has 0 fully saturated rings. The van der Waals surface area contributed by atoms with Gasteiger partial charge in [-0.2, -0.15) is 0 Å². The van der Waals surface area contributed by atoms with Gasteiger partial charge in [0.1, 0.15) is 0 Å². The zero-order chi connectivity index (χ0) is 20.4. The molecule has 0 spiro atoms. The van der Waals surface area contributed by atoms with Crippen LogP contribution in [-0.4, -0.2) is 45.7 Å². The molecule has 2 N–H and O–H groups in total. The number of aromatic nitrogens is 3. The minimum atomic E-state index is -0.0680. The van der Waals surface area contributed by atoms with Crippen LogP contribution in [0.5, 0.6) is 0 Å². The molecule has 0 saturated heterocycles. The van der Waals surface area contributed by atoms with E-state index in [0.29, 0.717) is 5.65 Å². The highest BCUT2D eigenvalue weighted by atomic mass is 16.1. The van der Waals surface area contributed by atoms with Crippen LogP contribution in [0.15, 0.2) is 16.9 Å². The van der Waals surface area contributed by atoms with Gasteiger partial charge in [-0.25, -0.2) is 9.50 Å². The van der Waals surface area contributed by atoms with Gasteiger partial charge in [0, 0.05) is 42.4 Å². The van der Waals surface area contributed by atoms with E-state index in [9.17, 15) is 4.79 Å². The number of H-pyrrole nitrogens is 1. The first-order chi connectivity index (χ1) is 12.5. The second kappa shape index (κ2) is 8.15. The lowest BCUT2D eigenvalue weighted by molar-refractivity contribution is 0.184. The number of nitrogens with zero attached hydrogens (tertiary/aromatic N) is 3. The van der Waals surface area contributed by atoms with Gasteiger partial charge in [0.25, 0.3) is 5.56 Å².